The maximum Gasteiger partial charge on any atom is 0.410 e. The lowest BCUT2D eigenvalue weighted by atomic mass is 10.1. The van der Waals surface area contributed by atoms with Gasteiger partial charge in [0.1, 0.15) is 5.60 Å². The van der Waals surface area contributed by atoms with E-state index < -0.39 is 5.60 Å². The molecule has 1 N–H and O–H groups in total. The lowest BCUT2D eigenvalue weighted by Gasteiger charge is -2.26. The number of hydrogen-bond donors (Lipinski definition) is 1. The molecule has 2 aliphatic heterocycles. The van der Waals surface area contributed by atoms with Gasteiger partial charge in [-0.25, -0.2) is 4.79 Å². The van der Waals surface area contributed by atoms with Crippen LogP contribution in [0.2, 0.25) is 0 Å². The van der Waals surface area contributed by atoms with Crippen molar-refractivity contribution >= 4 is 12.0 Å². The summed E-state index contributed by atoms with van der Waals surface area (Å²) < 4.78 is 7.38. The topological polar surface area (TPSA) is 76.5 Å². The average molecular weight is 320 g/mol. The van der Waals surface area contributed by atoms with Crippen LogP contribution >= 0.6 is 0 Å². The van der Waals surface area contributed by atoms with Crippen LogP contribution in [-0.4, -0.2) is 45.4 Å². The first-order valence-electron chi connectivity index (χ1n) is 8.20. The molecule has 0 saturated carbocycles. The Morgan fingerprint density at radius 2 is 2.04 bits per heavy atom. The van der Waals surface area contributed by atoms with Crippen LogP contribution < -0.4 is 5.32 Å². The van der Waals surface area contributed by atoms with Crippen LogP contribution in [0.1, 0.15) is 55.4 Å². The van der Waals surface area contributed by atoms with Crippen molar-refractivity contribution in [3.8, 4) is 0 Å². The highest BCUT2D eigenvalue weighted by Crippen LogP contribution is 2.24. The van der Waals surface area contributed by atoms with Crippen LogP contribution in [0.3, 0.4) is 0 Å². The number of nitrogens with one attached hydrogen (secondary N) is 1. The molecule has 0 aromatic carbocycles. The Morgan fingerprint density at radius 1 is 1.26 bits per heavy atom. The van der Waals surface area contributed by atoms with Gasteiger partial charge in [0, 0.05) is 25.2 Å². The van der Waals surface area contributed by atoms with Crippen LogP contribution in [0.15, 0.2) is 0 Å². The predicted octanol–water partition coefficient (Wildman–Crippen LogP) is 1.70. The molecule has 3 heterocycles. The number of aryl methyl sites for hydroxylation is 1. The summed E-state index contributed by atoms with van der Waals surface area (Å²) in [6.07, 6.45) is 2.20. The highest BCUT2D eigenvalue weighted by molar-refractivity contribution is 5.94. The maximum absolute atomic E-state index is 12.4. The molecule has 0 spiro atoms. The molecule has 0 fully saturated rings. The molecule has 0 aliphatic carbocycles. The molecule has 1 aromatic heterocycles. The van der Waals surface area contributed by atoms with Gasteiger partial charge in [0.25, 0.3) is 5.91 Å². The lowest BCUT2D eigenvalue weighted by molar-refractivity contribution is 0.0236. The lowest BCUT2D eigenvalue weighted by Crippen LogP contribution is -2.36. The highest BCUT2D eigenvalue weighted by Gasteiger charge is 2.30. The molecule has 3 rings (SSSR count). The monoisotopic (exact) mass is 320 g/mol. The van der Waals surface area contributed by atoms with E-state index in [0.717, 1.165) is 37.1 Å². The Balaban J connectivity index is 1.88. The van der Waals surface area contributed by atoms with E-state index in [1.165, 1.54) is 0 Å². The van der Waals surface area contributed by atoms with Gasteiger partial charge in [-0.2, -0.15) is 5.10 Å². The second-order valence-electron chi connectivity index (χ2n) is 7.11. The van der Waals surface area contributed by atoms with E-state index in [1.807, 2.05) is 25.5 Å². The van der Waals surface area contributed by atoms with Crippen molar-refractivity contribution in [2.24, 2.45) is 0 Å². The van der Waals surface area contributed by atoms with E-state index in [9.17, 15) is 9.59 Å². The molecule has 0 atom stereocenters. The Hall–Kier alpha value is -2.05. The van der Waals surface area contributed by atoms with E-state index in [4.69, 9.17) is 4.74 Å². The van der Waals surface area contributed by atoms with E-state index in [-0.39, 0.29) is 12.0 Å². The zero-order valence-electron chi connectivity index (χ0n) is 14.0. The first-order valence-corrected chi connectivity index (χ1v) is 8.20. The number of aromatic nitrogens is 2. The van der Waals surface area contributed by atoms with Crippen molar-refractivity contribution in [1.29, 1.82) is 0 Å². The average Bonchev–Trinajstić information content (AvgIpc) is 2.61. The molecular formula is C16H24N4O3. The number of nitrogens with zero attached hydrogens (tertiary/aromatic N) is 3. The van der Waals surface area contributed by atoms with Crippen LogP contribution in [0.5, 0.6) is 0 Å². The number of carbonyl (C=O) groups excluding carboxylic acids is 2. The molecule has 1 aromatic rings. The zero-order chi connectivity index (χ0) is 16.6. The fourth-order valence-electron chi connectivity index (χ4n) is 3.05. The van der Waals surface area contributed by atoms with Crippen molar-refractivity contribution in [3.05, 3.63) is 17.0 Å². The number of fused-ring (bicyclic) bond motifs is 3. The third-order valence-corrected chi connectivity index (χ3v) is 4.06. The molecule has 0 bridgehead atoms. The third kappa shape index (κ3) is 3.33. The molecule has 0 saturated heterocycles. The normalized spacial score (nSPS) is 18.4. The molecule has 23 heavy (non-hydrogen) atoms. The molecule has 126 valence electrons. The van der Waals surface area contributed by atoms with Crippen molar-refractivity contribution in [2.75, 3.05) is 13.1 Å². The fourth-order valence-corrected chi connectivity index (χ4v) is 3.05. The smallest absolute Gasteiger partial charge is 0.410 e. The second kappa shape index (κ2) is 5.86. The number of amides is 2. The summed E-state index contributed by atoms with van der Waals surface area (Å²) >= 11 is 0. The second-order valence-corrected chi connectivity index (χ2v) is 7.11. The minimum absolute atomic E-state index is 0.109. The summed E-state index contributed by atoms with van der Waals surface area (Å²) in [6, 6.07) is 0. The van der Waals surface area contributed by atoms with Crippen molar-refractivity contribution in [1.82, 2.24) is 20.0 Å². The van der Waals surface area contributed by atoms with E-state index in [1.54, 1.807) is 4.90 Å². The third-order valence-electron chi connectivity index (χ3n) is 4.06. The van der Waals surface area contributed by atoms with Gasteiger partial charge in [0.2, 0.25) is 0 Å². The number of hydrogen-bond acceptors (Lipinski definition) is 4. The Morgan fingerprint density at radius 3 is 2.78 bits per heavy atom. The summed E-state index contributed by atoms with van der Waals surface area (Å²) in [4.78, 5) is 26.2. The summed E-state index contributed by atoms with van der Waals surface area (Å²) in [6.45, 7) is 8.07. The molecule has 7 nitrogen and oxygen atoms in total. The predicted molar refractivity (Wildman–Crippen MR) is 84.1 cm³/mol. The van der Waals surface area contributed by atoms with E-state index in [2.05, 4.69) is 10.4 Å². The number of ether oxygens (including phenoxy) is 1. The van der Waals surface area contributed by atoms with Gasteiger partial charge < -0.3 is 15.0 Å². The largest absolute Gasteiger partial charge is 0.444 e. The standard InChI is InChI=1S/C16H24N4O3/c1-16(2,3)23-15(22)19-8-5-9-20-12(10-19)11-6-4-7-17-14(21)13(11)18-20/h4-10H2,1-3H3,(H,17,21). The van der Waals surface area contributed by atoms with Crippen molar-refractivity contribution < 1.29 is 14.3 Å². The molecule has 2 aliphatic rings. The SMILES string of the molecule is CC(C)(C)OC(=O)N1CCCn2nc3c(c2C1)CCCNC3=O. The number of carbonyl (C=O) groups is 2. The molecule has 2 amide bonds. The molecular weight excluding hydrogens is 296 g/mol. The Labute approximate surface area is 136 Å². The quantitative estimate of drug-likeness (QED) is 0.789. The summed E-state index contributed by atoms with van der Waals surface area (Å²) in [7, 11) is 0. The first-order chi connectivity index (χ1) is 10.8. The minimum atomic E-state index is -0.513. The van der Waals surface area contributed by atoms with Crippen LogP contribution in [0.4, 0.5) is 4.79 Å². The van der Waals surface area contributed by atoms with E-state index in [0.29, 0.717) is 25.3 Å². The summed E-state index contributed by atoms with van der Waals surface area (Å²) in [5, 5.41) is 7.36. The van der Waals surface area contributed by atoms with Crippen LogP contribution in [0, 0.1) is 0 Å². The fraction of sp³-hybridized carbons (Fsp3) is 0.688. The highest BCUT2D eigenvalue weighted by atomic mass is 16.6. The minimum Gasteiger partial charge on any atom is -0.444 e. The summed E-state index contributed by atoms with van der Waals surface area (Å²) in [5.74, 6) is -0.109. The van der Waals surface area contributed by atoms with Crippen molar-refractivity contribution in [2.45, 2.75) is 58.7 Å². The van der Waals surface area contributed by atoms with Crippen LogP contribution in [0.25, 0.3) is 0 Å². The van der Waals surface area contributed by atoms with Gasteiger partial charge in [0.05, 0.1) is 12.2 Å². The van der Waals surface area contributed by atoms with Gasteiger partial charge in [-0.05, 0) is 40.0 Å². The van der Waals surface area contributed by atoms with Gasteiger partial charge >= 0.3 is 6.09 Å². The Kier molecular flexibility index (Phi) is 4.04. The van der Waals surface area contributed by atoms with Gasteiger partial charge in [0.15, 0.2) is 5.69 Å². The summed E-state index contributed by atoms with van der Waals surface area (Å²) in [5.41, 5.74) is 1.96. The number of rotatable bonds is 0. The van der Waals surface area contributed by atoms with Crippen molar-refractivity contribution in [3.63, 3.8) is 0 Å². The van der Waals surface area contributed by atoms with Gasteiger partial charge in [-0.1, -0.05) is 0 Å². The molecule has 0 radical (unpaired) electrons. The Bertz CT molecular complexity index is 630. The maximum atomic E-state index is 12.4. The zero-order valence-corrected chi connectivity index (χ0v) is 14.0. The van der Waals surface area contributed by atoms with Crippen LogP contribution in [-0.2, 0) is 24.2 Å². The van der Waals surface area contributed by atoms with Gasteiger partial charge in [-0.3, -0.25) is 9.48 Å². The van der Waals surface area contributed by atoms with E-state index >= 15 is 0 Å². The first kappa shape index (κ1) is 15.8. The van der Waals surface area contributed by atoms with Gasteiger partial charge in [-0.15, -0.1) is 0 Å². The molecule has 0 unspecified atom stereocenters. The molecule has 7 heteroatoms.